The Labute approximate surface area is 108 Å². The Bertz CT molecular complexity index is 476. The van der Waals surface area contributed by atoms with Gasteiger partial charge in [-0.25, -0.2) is 0 Å². The van der Waals surface area contributed by atoms with Gasteiger partial charge in [0.2, 0.25) is 0 Å². The molecule has 0 aromatic carbocycles. The van der Waals surface area contributed by atoms with Crippen LogP contribution in [-0.4, -0.2) is 21.3 Å². The molecule has 4 nitrogen and oxygen atoms in total. The smallest absolute Gasteiger partial charge is 0.0597 e. The summed E-state index contributed by atoms with van der Waals surface area (Å²) in [7, 11) is 0. The third-order valence-electron chi connectivity index (χ3n) is 2.88. The Morgan fingerprint density at radius 3 is 2.94 bits per heavy atom. The van der Waals surface area contributed by atoms with Crippen molar-refractivity contribution in [2.75, 3.05) is 6.54 Å². The van der Waals surface area contributed by atoms with Crippen LogP contribution in [0.4, 0.5) is 0 Å². The highest BCUT2D eigenvalue weighted by Crippen LogP contribution is 2.03. The molecule has 0 aliphatic heterocycles. The van der Waals surface area contributed by atoms with Crippen LogP contribution in [0.1, 0.15) is 24.0 Å². The second kappa shape index (κ2) is 6.31. The first kappa shape index (κ1) is 12.8. The number of nitrogens with zero attached hydrogens (tertiary/aromatic N) is 3. The van der Waals surface area contributed by atoms with Gasteiger partial charge in [0.05, 0.1) is 11.4 Å². The van der Waals surface area contributed by atoms with Gasteiger partial charge in [0.1, 0.15) is 0 Å². The van der Waals surface area contributed by atoms with Crippen LogP contribution in [0.2, 0.25) is 0 Å². The summed E-state index contributed by atoms with van der Waals surface area (Å²) in [6, 6.07) is 8.16. The predicted molar refractivity (Wildman–Crippen MR) is 72.3 cm³/mol. The third-order valence-corrected chi connectivity index (χ3v) is 2.88. The lowest BCUT2D eigenvalue weighted by molar-refractivity contribution is 0.578. The van der Waals surface area contributed by atoms with Gasteiger partial charge in [-0.05, 0) is 32.0 Å². The molecule has 0 bridgehead atoms. The molecule has 0 aliphatic rings. The van der Waals surface area contributed by atoms with Gasteiger partial charge in [-0.2, -0.15) is 5.10 Å². The Morgan fingerprint density at radius 1 is 1.33 bits per heavy atom. The molecule has 0 saturated carbocycles. The van der Waals surface area contributed by atoms with Crippen molar-refractivity contribution in [1.29, 1.82) is 0 Å². The lowest BCUT2D eigenvalue weighted by Crippen LogP contribution is -2.19. The van der Waals surface area contributed by atoms with Crippen molar-refractivity contribution < 1.29 is 0 Å². The Morgan fingerprint density at radius 2 is 2.22 bits per heavy atom. The summed E-state index contributed by atoms with van der Waals surface area (Å²) in [5, 5.41) is 7.87. The molecular weight excluding hydrogens is 224 g/mol. The molecule has 4 heteroatoms. The van der Waals surface area contributed by atoms with E-state index in [-0.39, 0.29) is 0 Å². The first-order chi connectivity index (χ1) is 8.79. The summed E-state index contributed by atoms with van der Waals surface area (Å²) < 4.78 is 2.04. The molecule has 18 heavy (non-hydrogen) atoms. The molecule has 0 aliphatic carbocycles. The number of nitrogens with one attached hydrogen (secondary N) is 1. The van der Waals surface area contributed by atoms with Crippen LogP contribution in [0.15, 0.2) is 30.5 Å². The summed E-state index contributed by atoms with van der Waals surface area (Å²) >= 11 is 0. The van der Waals surface area contributed by atoms with E-state index < -0.39 is 0 Å². The molecule has 2 rings (SSSR count). The highest BCUT2D eigenvalue weighted by Gasteiger charge is 2.03. The van der Waals surface area contributed by atoms with Crippen LogP contribution < -0.4 is 5.32 Å². The Balaban J connectivity index is 1.78. The Kier molecular flexibility index (Phi) is 4.47. The first-order valence-corrected chi connectivity index (χ1v) is 6.43. The van der Waals surface area contributed by atoms with E-state index in [1.54, 1.807) is 0 Å². The predicted octanol–water partition coefficient (Wildman–Crippen LogP) is 1.94. The minimum absolute atomic E-state index is 0.863. The largest absolute Gasteiger partial charge is 0.311 e. The molecule has 0 fully saturated rings. The van der Waals surface area contributed by atoms with Crippen LogP contribution in [0.5, 0.6) is 0 Å². The van der Waals surface area contributed by atoms with Gasteiger partial charge in [-0.15, -0.1) is 0 Å². The number of hydrogen-bond donors (Lipinski definition) is 1. The molecule has 0 radical (unpaired) electrons. The van der Waals surface area contributed by atoms with Gasteiger partial charge in [0.25, 0.3) is 0 Å². The lowest BCUT2D eigenvalue weighted by Gasteiger charge is -2.06. The zero-order valence-electron chi connectivity index (χ0n) is 11.1. The van der Waals surface area contributed by atoms with Crippen molar-refractivity contribution in [3.8, 4) is 0 Å². The number of aromatic nitrogens is 3. The van der Waals surface area contributed by atoms with E-state index in [9.17, 15) is 0 Å². The molecule has 96 valence electrons. The van der Waals surface area contributed by atoms with Crippen LogP contribution in [-0.2, 0) is 19.5 Å². The van der Waals surface area contributed by atoms with Crippen molar-refractivity contribution in [3.63, 3.8) is 0 Å². The second-order valence-electron chi connectivity index (χ2n) is 4.34. The van der Waals surface area contributed by atoms with Gasteiger partial charge in [-0.3, -0.25) is 9.67 Å². The monoisotopic (exact) mass is 244 g/mol. The van der Waals surface area contributed by atoms with E-state index >= 15 is 0 Å². The maximum Gasteiger partial charge on any atom is 0.0597 e. The second-order valence-corrected chi connectivity index (χ2v) is 4.34. The van der Waals surface area contributed by atoms with Crippen molar-refractivity contribution in [3.05, 3.63) is 47.5 Å². The summed E-state index contributed by atoms with van der Waals surface area (Å²) in [5.41, 5.74) is 3.46. The molecule has 0 saturated heterocycles. The standard InChI is InChI=1S/C14H20N4/c1-3-18-14(10-12(2)17-18)11-15-9-7-13-6-4-5-8-16-13/h4-6,8,10,15H,3,7,9,11H2,1-2H3. The van der Waals surface area contributed by atoms with Gasteiger partial charge in [-0.1, -0.05) is 6.07 Å². The normalized spacial score (nSPS) is 10.8. The topological polar surface area (TPSA) is 42.7 Å². The average Bonchev–Trinajstić information content (AvgIpc) is 2.76. The summed E-state index contributed by atoms with van der Waals surface area (Å²) in [4.78, 5) is 4.30. The maximum absolute atomic E-state index is 4.43. The quantitative estimate of drug-likeness (QED) is 0.790. The van der Waals surface area contributed by atoms with Gasteiger partial charge in [0, 0.05) is 37.9 Å². The van der Waals surface area contributed by atoms with Crippen LogP contribution in [0.25, 0.3) is 0 Å². The van der Waals surface area contributed by atoms with E-state index in [2.05, 4.69) is 34.5 Å². The molecule has 2 aromatic rings. The van der Waals surface area contributed by atoms with Gasteiger partial charge in [0.15, 0.2) is 0 Å². The maximum atomic E-state index is 4.43. The van der Waals surface area contributed by atoms with Crippen LogP contribution in [0.3, 0.4) is 0 Å². The molecule has 0 amide bonds. The van der Waals surface area contributed by atoms with E-state index in [0.29, 0.717) is 0 Å². The molecular formula is C14H20N4. The number of aryl methyl sites for hydroxylation is 2. The van der Waals surface area contributed by atoms with Crippen LogP contribution >= 0.6 is 0 Å². The summed E-state index contributed by atoms with van der Waals surface area (Å²) in [6.07, 6.45) is 2.80. The van der Waals surface area contributed by atoms with E-state index in [1.165, 1.54) is 5.69 Å². The van der Waals surface area contributed by atoms with Gasteiger partial charge < -0.3 is 5.32 Å². The molecule has 0 atom stereocenters. The van der Waals surface area contributed by atoms with Gasteiger partial charge >= 0.3 is 0 Å². The van der Waals surface area contributed by atoms with E-state index in [0.717, 1.165) is 37.4 Å². The lowest BCUT2D eigenvalue weighted by atomic mass is 10.2. The molecule has 0 spiro atoms. The minimum Gasteiger partial charge on any atom is -0.311 e. The fraction of sp³-hybridized carbons (Fsp3) is 0.429. The van der Waals surface area contributed by atoms with Crippen molar-refractivity contribution >= 4 is 0 Å². The summed E-state index contributed by atoms with van der Waals surface area (Å²) in [5.74, 6) is 0. The molecule has 2 heterocycles. The molecule has 1 N–H and O–H groups in total. The fourth-order valence-corrected chi connectivity index (χ4v) is 1.99. The number of rotatable bonds is 6. The van der Waals surface area contributed by atoms with Crippen molar-refractivity contribution in [1.82, 2.24) is 20.1 Å². The fourth-order valence-electron chi connectivity index (χ4n) is 1.99. The zero-order valence-corrected chi connectivity index (χ0v) is 11.1. The highest BCUT2D eigenvalue weighted by atomic mass is 15.3. The van der Waals surface area contributed by atoms with Crippen LogP contribution in [0, 0.1) is 6.92 Å². The van der Waals surface area contributed by atoms with Crippen molar-refractivity contribution in [2.24, 2.45) is 0 Å². The minimum atomic E-state index is 0.863. The first-order valence-electron chi connectivity index (χ1n) is 6.43. The zero-order chi connectivity index (χ0) is 12.8. The van der Waals surface area contributed by atoms with E-state index in [1.807, 2.05) is 29.9 Å². The third kappa shape index (κ3) is 3.40. The average molecular weight is 244 g/mol. The SMILES string of the molecule is CCn1nc(C)cc1CNCCc1ccccn1. The number of pyridine rings is 1. The molecule has 0 unspecified atom stereocenters. The summed E-state index contributed by atoms with van der Waals surface area (Å²) in [6.45, 7) is 6.87. The molecule has 2 aromatic heterocycles. The Hall–Kier alpha value is -1.68. The van der Waals surface area contributed by atoms with Crippen molar-refractivity contribution in [2.45, 2.75) is 33.4 Å². The van der Waals surface area contributed by atoms with E-state index in [4.69, 9.17) is 0 Å². The number of hydrogen-bond acceptors (Lipinski definition) is 3. The highest BCUT2D eigenvalue weighted by molar-refractivity contribution is 5.09.